The van der Waals surface area contributed by atoms with Crippen LogP contribution in [0.5, 0.6) is 5.75 Å². The molecule has 0 bridgehead atoms. The van der Waals surface area contributed by atoms with Gasteiger partial charge in [0.15, 0.2) is 0 Å². The van der Waals surface area contributed by atoms with E-state index in [-0.39, 0.29) is 23.6 Å². The molecule has 34 heavy (non-hydrogen) atoms. The van der Waals surface area contributed by atoms with E-state index in [1.54, 1.807) is 31.4 Å². The molecule has 2 fully saturated rings. The Morgan fingerprint density at radius 2 is 1.50 bits per heavy atom. The summed E-state index contributed by atoms with van der Waals surface area (Å²) in [4.78, 5) is 43.3. The van der Waals surface area contributed by atoms with Gasteiger partial charge in [0.1, 0.15) is 11.8 Å². The summed E-state index contributed by atoms with van der Waals surface area (Å²) in [5.41, 5.74) is 1.09. The lowest BCUT2D eigenvalue weighted by Gasteiger charge is -2.38. The summed E-state index contributed by atoms with van der Waals surface area (Å²) in [6, 6.07) is 15.6. The minimum Gasteiger partial charge on any atom is -0.496 e. The fourth-order valence-electron chi connectivity index (χ4n) is 4.93. The molecule has 4 rings (SSSR count). The number of rotatable bonds is 6. The van der Waals surface area contributed by atoms with Crippen molar-refractivity contribution in [3.05, 3.63) is 65.7 Å². The Balaban J connectivity index is 1.46. The highest BCUT2D eigenvalue weighted by Crippen LogP contribution is 2.27. The van der Waals surface area contributed by atoms with Gasteiger partial charge in [0.05, 0.1) is 12.7 Å². The van der Waals surface area contributed by atoms with E-state index in [9.17, 15) is 14.4 Å². The quantitative estimate of drug-likeness (QED) is 0.713. The fraction of sp³-hybridized carbons (Fsp3) is 0.444. The Morgan fingerprint density at radius 3 is 2.18 bits per heavy atom. The van der Waals surface area contributed by atoms with Crippen LogP contribution in [0.15, 0.2) is 54.6 Å². The summed E-state index contributed by atoms with van der Waals surface area (Å²) in [6.07, 6.45) is 4.43. The van der Waals surface area contributed by atoms with Crippen molar-refractivity contribution < 1.29 is 19.1 Å². The number of carbonyl (C=O) groups excluding carboxylic acids is 3. The number of methoxy groups -OCH3 is 1. The molecule has 0 aliphatic carbocycles. The van der Waals surface area contributed by atoms with Crippen molar-refractivity contribution in [2.24, 2.45) is 5.92 Å². The van der Waals surface area contributed by atoms with Gasteiger partial charge in [0.25, 0.3) is 11.8 Å². The SMILES string of the molecule is COc1ccccc1C(=O)N1CCC([C@H](NC(=O)c2ccccc2)C(=O)N2CCCCC2)CC1. The van der Waals surface area contributed by atoms with Crippen LogP contribution in [0.4, 0.5) is 0 Å². The third-order valence-corrected chi connectivity index (χ3v) is 6.89. The largest absolute Gasteiger partial charge is 0.496 e. The standard InChI is InChI=1S/C27H33N3O4/c1-34-23-13-7-6-12-22(23)26(32)30-18-14-20(15-19-30)24(27(33)29-16-8-3-9-17-29)28-25(31)21-10-4-2-5-11-21/h2,4-7,10-13,20,24H,3,8-9,14-19H2,1H3,(H,28,31)/t24-/m0/s1. The molecule has 2 aliphatic rings. The molecule has 1 N–H and O–H groups in total. The maximum atomic E-state index is 13.5. The molecule has 0 spiro atoms. The number of amides is 3. The van der Waals surface area contributed by atoms with Gasteiger partial charge in [-0.25, -0.2) is 0 Å². The zero-order valence-electron chi connectivity index (χ0n) is 19.7. The normalized spacial score (nSPS) is 17.7. The highest BCUT2D eigenvalue weighted by atomic mass is 16.5. The van der Waals surface area contributed by atoms with Crippen LogP contribution in [-0.2, 0) is 4.79 Å². The van der Waals surface area contributed by atoms with Crippen molar-refractivity contribution in [1.29, 1.82) is 0 Å². The summed E-state index contributed by atoms with van der Waals surface area (Å²) in [7, 11) is 1.56. The van der Waals surface area contributed by atoms with Gasteiger partial charge in [-0.1, -0.05) is 30.3 Å². The Bertz CT molecular complexity index is 996. The topological polar surface area (TPSA) is 79.0 Å². The number of hydrogen-bond donors (Lipinski definition) is 1. The Labute approximate surface area is 201 Å². The van der Waals surface area contributed by atoms with Crippen LogP contribution >= 0.6 is 0 Å². The summed E-state index contributed by atoms with van der Waals surface area (Å²) in [6.45, 7) is 2.54. The molecular formula is C27H33N3O4. The molecule has 0 radical (unpaired) electrons. The average Bonchev–Trinajstić information content (AvgIpc) is 2.92. The number of piperidine rings is 2. The minimum absolute atomic E-state index is 0.00140. The van der Waals surface area contributed by atoms with Gasteiger partial charge in [0.2, 0.25) is 5.91 Å². The number of nitrogens with zero attached hydrogens (tertiary/aromatic N) is 2. The van der Waals surface area contributed by atoms with Crippen molar-refractivity contribution in [3.63, 3.8) is 0 Å². The third-order valence-electron chi connectivity index (χ3n) is 6.89. The van der Waals surface area contributed by atoms with E-state index in [0.717, 1.165) is 32.4 Å². The van der Waals surface area contributed by atoms with Crippen LogP contribution in [-0.4, -0.2) is 66.9 Å². The van der Waals surface area contributed by atoms with Gasteiger partial charge in [0, 0.05) is 31.7 Å². The number of benzene rings is 2. The number of nitrogens with one attached hydrogen (secondary N) is 1. The first-order valence-electron chi connectivity index (χ1n) is 12.2. The van der Waals surface area contributed by atoms with Crippen LogP contribution in [0.1, 0.15) is 52.8 Å². The summed E-state index contributed by atoms with van der Waals surface area (Å²) in [5, 5.41) is 3.04. The van der Waals surface area contributed by atoms with E-state index in [0.29, 0.717) is 42.8 Å². The first-order valence-corrected chi connectivity index (χ1v) is 12.2. The molecular weight excluding hydrogens is 430 g/mol. The highest BCUT2D eigenvalue weighted by Gasteiger charge is 2.36. The zero-order valence-corrected chi connectivity index (χ0v) is 19.7. The van der Waals surface area contributed by atoms with Crippen LogP contribution < -0.4 is 10.1 Å². The lowest BCUT2D eigenvalue weighted by molar-refractivity contribution is -0.136. The van der Waals surface area contributed by atoms with E-state index in [1.165, 1.54) is 0 Å². The van der Waals surface area contributed by atoms with Crippen LogP contribution in [0.2, 0.25) is 0 Å². The second-order valence-corrected chi connectivity index (χ2v) is 9.03. The lowest BCUT2D eigenvalue weighted by atomic mass is 9.87. The van der Waals surface area contributed by atoms with Gasteiger partial charge in [-0.05, 0) is 62.3 Å². The molecule has 7 nitrogen and oxygen atoms in total. The number of para-hydroxylation sites is 1. The molecule has 1 atom stereocenters. The predicted octanol–water partition coefficient (Wildman–Crippen LogP) is 3.36. The van der Waals surface area contributed by atoms with Crippen molar-refractivity contribution in [3.8, 4) is 5.75 Å². The lowest BCUT2D eigenvalue weighted by Crippen LogP contribution is -2.55. The molecule has 2 heterocycles. The molecule has 3 amide bonds. The molecule has 2 aromatic rings. The van der Waals surface area contributed by atoms with E-state index in [2.05, 4.69) is 5.32 Å². The van der Waals surface area contributed by atoms with Gasteiger partial charge in [-0.2, -0.15) is 0 Å². The van der Waals surface area contributed by atoms with Crippen molar-refractivity contribution >= 4 is 17.7 Å². The van der Waals surface area contributed by atoms with Crippen LogP contribution in [0.3, 0.4) is 0 Å². The molecule has 0 saturated carbocycles. The summed E-state index contributed by atoms with van der Waals surface area (Å²) in [5.74, 6) is 0.233. The maximum absolute atomic E-state index is 13.5. The van der Waals surface area contributed by atoms with Gasteiger partial charge in [-0.15, -0.1) is 0 Å². The Kier molecular flexibility index (Phi) is 7.83. The highest BCUT2D eigenvalue weighted by molar-refractivity contribution is 5.98. The first-order chi connectivity index (χ1) is 16.6. The monoisotopic (exact) mass is 463 g/mol. The second kappa shape index (κ2) is 11.2. The van der Waals surface area contributed by atoms with Crippen molar-refractivity contribution in [1.82, 2.24) is 15.1 Å². The smallest absolute Gasteiger partial charge is 0.257 e. The summed E-state index contributed by atoms with van der Waals surface area (Å²) >= 11 is 0. The molecule has 0 unspecified atom stereocenters. The summed E-state index contributed by atoms with van der Waals surface area (Å²) < 4.78 is 5.36. The van der Waals surface area contributed by atoms with Gasteiger partial charge >= 0.3 is 0 Å². The van der Waals surface area contributed by atoms with E-state index < -0.39 is 6.04 Å². The third kappa shape index (κ3) is 5.41. The maximum Gasteiger partial charge on any atom is 0.257 e. The molecule has 2 saturated heterocycles. The number of ether oxygens (including phenoxy) is 1. The van der Waals surface area contributed by atoms with Crippen molar-refractivity contribution in [2.75, 3.05) is 33.3 Å². The second-order valence-electron chi connectivity index (χ2n) is 9.03. The number of likely N-dealkylation sites (tertiary alicyclic amines) is 2. The molecule has 180 valence electrons. The molecule has 2 aliphatic heterocycles. The fourth-order valence-corrected chi connectivity index (χ4v) is 4.93. The van der Waals surface area contributed by atoms with Gasteiger partial charge < -0.3 is 19.9 Å². The average molecular weight is 464 g/mol. The first kappa shape index (κ1) is 23.8. The van der Waals surface area contributed by atoms with Crippen LogP contribution in [0, 0.1) is 5.92 Å². The zero-order chi connectivity index (χ0) is 23.9. The predicted molar refractivity (Wildman–Crippen MR) is 130 cm³/mol. The van der Waals surface area contributed by atoms with E-state index in [4.69, 9.17) is 4.74 Å². The Hall–Kier alpha value is -3.35. The van der Waals surface area contributed by atoms with Crippen LogP contribution in [0.25, 0.3) is 0 Å². The molecule has 7 heteroatoms. The molecule has 0 aromatic heterocycles. The minimum atomic E-state index is -0.589. The molecule has 2 aromatic carbocycles. The number of hydrogen-bond acceptors (Lipinski definition) is 4. The van der Waals surface area contributed by atoms with E-state index in [1.807, 2.05) is 40.1 Å². The van der Waals surface area contributed by atoms with Crippen molar-refractivity contribution in [2.45, 2.75) is 38.1 Å². The van der Waals surface area contributed by atoms with E-state index >= 15 is 0 Å². The number of carbonyl (C=O) groups is 3. The Morgan fingerprint density at radius 1 is 0.853 bits per heavy atom. The van der Waals surface area contributed by atoms with Gasteiger partial charge in [-0.3, -0.25) is 14.4 Å².